The van der Waals surface area contributed by atoms with Gasteiger partial charge in [-0.2, -0.15) is 4.98 Å². The summed E-state index contributed by atoms with van der Waals surface area (Å²) in [7, 11) is 0. The number of nitrogens with one attached hydrogen (secondary N) is 1. The molecule has 0 atom stereocenters. The highest BCUT2D eigenvalue weighted by Gasteiger charge is 2.03. The highest BCUT2D eigenvalue weighted by Crippen LogP contribution is 2.16. The molecule has 1 N–H and O–H groups in total. The van der Waals surface area contributed by atoms with Crippen molar-refractivity contribution in [3.8, 4) is 0 Å². The maximum Gasteiger partial charge on any atom is 0.245 e. The molecule has 2 aromatic rings. The van der Waals surface area contributed by atoms with Gasteiger partial charge in [-0.3, -0.25) is 0 Å². The first-order valence-electron chi connectivity index (χ1n) is 5.25. The maximum atomic E-state index is 5.03. The summed E-state index contributed by atoms with van der Waals surface area (Å²) in [6.07, 6.45) is 0. The van der Waals surface area contributed by atoms with E-state index in [4.69, 9.17) is 4.52 Å². The first kappa shape index (κ1) is 10.7. The quantitative estimate of drug-likeness (QED) is 0.858. The Morgan fingerprint density at radius 2 is 2.06 bits per heavy atom. The third-order valence-electron chi connectivity index (χ3n) is 2.38. The van der Waals surface area contributed by atoms with Crippen LogP contribution in [0.3, 0.4) is 0 Å². The summed E-state index contributed by atoms with van der Waals surface area (Å²) in [5, 5.41) is 7.01. The van der Waals surface area contributed by atoms with Crippen molar-refractivity contribution < 1.29 is 4.52 Å². The molecule has 1 heterocycles. The van der Waals surface area contributed by atoms with Gasteiger partial charge < -0.3 is 9.84 Å². The number of aryl methyl sites for hydroxylation is 3. The summed E-state index contributed by atoms with van der Waals surface area (Å²) in [5.74, 6) is 1.27. The monoisotopic (exact) mass is 217 g/mol. The van der Waals surface area contributed by atoms with Crippen LogP contribution < -0.4 is 5.32 Å². The van der Waals surface area contributed by atoms with Crippen molar-refractivity contribution >= 4 is 5.69 Å². The molecule has 16 heavy (non-hydrogen) atoms. The molecule has 84 valence electrons. The second-order valence-electron chi connectivity index (χ2n) is 3.91. The third-order valence-corrected chi connectivity index (χ3v) is 2.38. The predicted octanol–water partition coefficient (Wildman–Crippen LogP) is 2.61. The van der Waals surface area contributed by atoms with E-state index in [-0.39, 0.29) is 0 Å². The van der Waals surface area contributed by atoms with E-state index in [2.05, 4.69) is 47.5 Å². The second-order valence-corrected chi connectivity index (χ2v) is 3.91. The molecule has 1 aromatic heterocycles. The van der Waals surface area contributed by atoms with E-state index in [0.717, 1.165) is 5.69 Å². The lowest BCUT2D eigenvalue weighted by molar-refractivity contribution is 0.379. The van der Waals surface area contributed by atoms with E-state index in [1.54, 1.807) is 0 Å². The zero-order valence-electron chi connectivity index (χ0n) is 9.74. The van der Waals surface area contributed by atoms with E-state index in [9.17, 15) is 0 Å². The van der Waals surface area contributed by atoms with Gasteiger partial charge in [-0.15, -0.1) is 0 Å². The number of aromatic nitrogens is 2. The Hall–Kier alpha value is -1.84. The van der Waals surface area contributed by atoms with Gasteiger partial charge in [0.1, 0.15) is 0 Å². The average molecular weight is 217 g/mol. The molecule has 0 aliphatic heterocycles. The topological polar surface area (TPSA) is 51.0 Å². The van der Waals surface area contributed by atoms with Crippen LogP contribution in [0.4, 0.5) is 5.69 Å². The van der Waals surface area contributed by atoms with Crippen LogP contribution >= 0.6 is 0 Å². The maximum absolute atomic E-state index is 5.03. The molecule has 0 unspecified atom stereocenters. The minimum Gasteiger partial charge on any atom is -0.376 e. The smallest absolute Gasteiger partial charge is 0.245 e. The van der Waals surface area contributed by atoms with Crippen LogP contribution in [0, 0.1) is 20.8 Å². The Labute approximate surface area is 94.7 Å². The van der Waals surface area contributed by atoms with Gasteiger partial charge in [0.2, 0.25) is 5.89 Å². The van der Waals surface area contributed by atoms with Crippen LogP contribution in [-0.2, 0) is 6.54 Å². The Balaban J connectivity index is 2.04. The van der Waals surface area contributed by atoms with E-state index in [1.165, 1.54) is 11.1 Å². The number of hydrogen-bond donors (Lipinski definition) is 1. The number of hydrogen-bond acceptors (Lipinski definition) is 4. The summed E-state index contributed by atoms with van der Waals surface area (Å²) in [6.45, 7) is 6.53. The molecule has 0 saturated heterocycles. The molecular formula is C12H15N3O. The largest absolute Gasteiger partial charge is 0.376 e. The second kappa shape index (κ2) is 4.35. The lowest BCUT2D eigenvalue weighted by Crippen LogP contribution is -2.01. The summed E-state index contributed by atoms with van der Waals surface area (Å²) in [5.41, 5.74) is 3.58. The first-order chi connectivity index (χ1) is 7.65. The van der Waals surface area contributed by atoms with Crippen molar-refractivity contribution in [1.82, 2.24) is 10.1 Å². The van der Waals surface area contributed by atoms with E-state index in [0.29, 0.717) is 18.3 Å². The zero-order chi connectivity index (χ0) is 11.5. The van der Waals surface area contributed by atoms with Crippen molar-refractivity contribution in [3.05, 3.63) is 41.0 Å². The van der Waals surface area contributed by atoms with Gasteiger partial charge in [0.15, 0.2) is 5.82 Å². The molecule has 0 spiro atoms. The predicted molar refractivity (Wildman–Crippen MR) is 62.3 cm³/mol. The van der Waals surface area contributed by atoms with Crippen LogP contribution in [0.15, 0.2) is 22.7 Å². The standard InChI is InChI=1S/C12H15N3O/c1-8-4-5-11(9(2)6-8)13-7-12-14-10(3)15-16-12/h4-6,13H,7H2,1-3H3. The van der Waals surface area contributed by atoms with E-state index >= 15 is 0 Å². The molecule has 0 bridgehead atoms. The van der Waals surface area contributed by atoms with E-state index in [1.807, 2.05) is 6.92 Å². The summed E-state index contributed by atoms with van der Waals surface area (Å²) in [6, 6.07) is 6.28. The zero-order valence-corrected chi connectivity index (χ0v) is 9.74. The van der Waals surface area contributed by atoms with Gasteiger partial charge in [0.25, 0.3) is 0 Å². The van der Waals surface area contributed by atoms with Gasteiger partial charge in [-0.05, 0) is 32.4 Å². The molecule has 0 saturated carbocycles. The van der Waals surface area contributed by atoms with Gasteiger partial charge in [-0.25, -0.2) is 0 Å². The fraction of sp³-hybridized carbons (Fsp3) is 0.333. The summed E-state index contributed by atoms with van der Waals surface area (Å²) in [4.78, 5) is 4.13. The Morgan fingerprint density at radius 1 is 1.25 bits per heavy atom. The van der Waals surface area contributed by atoms with Gasteiger partial charge >= 0.3 is 0 Å². The Bertz CT molecular complexity index is 491. The van der Waals surface area contributed by atoms with Gasteiger partial charge in [0.05, 0.1) is 6.54 Å². The molecule has 0 fully saturated rings. The number of nitrogens with zero attached hydrogens (tertiary/aromatic N) is 2. The Kier molecular flexibility index (Phi) is 2.90. The normalized spacial score (nSPS) is 10.4. The van der Waals surface area contributed by atoms with Crippen LogP contribution in [0.25, 0.3) is 0 Å². The van der Waals surface area contributed by atoms with Crippen molar-refractivity contribution in [1.29, 1.82) is 0 Å². The van der Waals surface area contributed by atoms with Crippen molar-refractivity contribution in [2.75, 3.05) is 5.32 Å². The first-order valence-corrected chi connectivity index (χ1v) is 5.25. The molecule has 4 heteroatoms. The van der Waals surface area contributed by atoms with Gasteiger partial charge in [-0.1, -0.05) is 22.9 Å². The molecule has 0 aliphatic carbocycles. The molecule has 0 amide bonds. The molecule has 2 rings (SSSR count). The summed E-state index contributed by atoms with van der Waals surface area (Å²) < 4.78 is 5.03. The SMILES string of the molecule is Cc1ccc(NCc2nc(C)no2)c(C)c1. The molecule has 0 aliphatic rings. The molecular weight excluding hydrogens is 202 g/mol. The highest BCUT2D eigenvalue weighted by atomic mass is 16.5. The van der Waals surface area contributed by atoms with Crippen LogP contribution in [-0.4, -0.2) is 10.1 Å². The number of rotatable bonds is 3. The fourth-order valence-electron chi connectivity index (χ4n) is 1.59. The average Bonchev–Trinajstić information content (AvgIpc) is 2.63. The van der Waals surface area contributed by atoms with Gasteiger partial charge in [0, 0.05) is 5.69 Å². The van der Waals surface area contributed by atoms with Crippen molar-refractivity contribution in [3.63, 3.8) is 0 Å². The van der Waals surface area contributed by atoms with Crippen LogP contribution in [0.1, 0.15) is 22.8 Å². The minimum absolute atomic E-state index is 0.560. The van der Waals surface area contributed by atoms with Crippen LogP contribution in [0.5, 0.6) is 0 Å². The third kappa shape index (κ3) is 2.39. The minimum atomic E-state index is 0.560. The molecule has 0 radical (unpaired) electrons. The molecule has 4 nitrogen and oxygen atoms in total. The Morgan fingerprint density at radius 3 is 2.69 bits per heavy atom. The number of anilines is 1. The summed E-state index contributed by atoms with van der Waals surface area (Å²) >= 11 is 0. The van der Waals surface area contributed by atoms with Crippen LogP contribution in [0.2, 0.25) is 0 Å². The lowest BCUT2D eigenvalue weighted by atomic mass is 10.1. The van der Waals surface area contributed by atoms with E-state index < -0.39 is 0 Å². The highest BCUT2D eigenvalue weighted by molar-refractivity contribution is 5.51. The van der Waals surface area contributed by atoms with Crippen molar-refractivity contribution in [2.45, 2.75) is 27.3 Å². The number of benzene rings is 1. The fourth-order valence-corrected chi connectivity index (χ4v) is 1.59. The van der Waals surface area contributed by atoms with Crippen molar-refractivity contribution in [2.24, 2.45) is 0 Å². The lowest BCUT2D eigenvalue weighted by Gasteiger charge is -2.07. The molecule has 1 aromatic carbocycles.